The van der Waals surface area contributed by atoms with Crippen LogP contribution in [0, 0.1) is 0 Å². The zero-order valence-electron chi connectivity index (χ0n) is 21.4. The number of nitrogens with zero attached hydrogens (tertiary/aromatic N) is 1. The van der Waals surface area contributed by atoms with E-state index in [1.54, 1.807) is 0 Å². The van der Waals surface area contributed by atoms with Crippen LogP contribution in [0.2, 0.25) is 0 Å². The third kappa shape index (κ3) is 4.40. The van der Waals surface area contributed by atoms with E-state index in [9.17, 15) is 0 Å². The van der Waals surface area contributed by atoms with E-state index in [0.717, 1.165) is 45.3 Å². The highest BCUT2D eigenvalue weighted by molar-refractivity contribution is 5.50. The SMILES string of the molecule is CCCCOC1(c2ccccc2)CCCCN1C(c1ccccc1)(c1ccccc1)c1ccccc1. The van der Waals surface area contributed by atoms with Gasteiger partial charge in [-0.3, -0.25) is 4.90 Å². The molecule has 0 bridgehead atoms. The molecule has 0 amide bonds. The third-order valence-electron chi connectivity index (χ3n) is 7.63. The quantitative estimate of drug-likeness (QED) is 0.179. The van der Waals surface area contributed by atoms with Crippen molar-refractivity contribution in [3.63, 3.8) is 0 Å². The van der Waals surface area contributed by atoms with Gasteiger partial charge in [0, 0.05) is 13.2 Å². The smallest absolute Gasteiger partial charge is 0.149 e. The fraction of sp³-hybridized carbons (Fsp3) is 0.294. The number of benzene rings is 4. The highest BCUT2D eigenvalue weighted by Crippen LogP contribution is 2.52. The summed E-state index contributed by atoms with van der Waals surface area (Å²) in [7, 11) is 0. The number of rotatable bonds is 9. The Kier molecular flexibility index (Phi) is 7.65. The van der Waals surface area contributed by atoms with Gasteiger partial charge in [-0.2, -0.15) is 0 Å². The second-order valence-electron chi connectivity index (χ2n) is 9.77. The fourth-order valence-corrected chi connectivity index (χ4v) is 6.01. The number of hydrogen-bond acceptors (Lipinski definition) is 2. The minimum Gasteiger partial charge on any atom is -0.356 e. The number of unbranched alkanes of at least 4 members (excludes halogenated alkanes) is 1. The molecule has 1 aliphatic rings. The van der Waals surface area contributed by atoms with E-state index < -0.39 is 11.3 Å². The number of piperidine rings is 1. The molecule has 1 heterocycles. The molecule has 0 saturated carbocycles. The summed E-state index contributed by atoms with van der Waals surface area (Å²) in [5, 5.41) is 0. The van der Waals surface area contributed by atoms with Crippen molar-refractivity contribution in [1.29, 1.82) is 0 Å². The third-order valence-corrected chi connectivity index (χ3v) is 7.63. The van der Waals surface area contributed by atoms with Crippen molar-refractivity contribution in [3.8, 4) is 0 Å². The Morgan fingerprint density at radius 1 is 0.667 bits per heavy atom. The Balaban J connectivity index is 1.84. The summed E-state index contributed by atoms with van der Waals surface area (Å²) in [6.07, 6.45) is 5.42. The maximum atomic E-state index is 7.11. The molecular weight excluding hydrogens is 438 g/mol. The molecule has 1 aliphatic heterocycles. The van der Waals surface area contributed by atoms with Crippen LogP contribution >= 0.6 is 0 Å². The maximum absolute atomic E-state index is 7.11. The van der Waals surface area contributed by atoms with Gasteiger partial charge in [0.15, 0.2) is 0 Å². The van der Waals surface area contributed by atoms with Crippen molar-refractivity contribution in [3.05, 3.63) is 144 Å². The fourth-order valence-electron chi connectivity index (χ4n) is 6.01. The van der Waals surface area contributed by atoms with Gasteiger partial charge in [0.05, 0.1) is 5.54 Å². The van der Waals surface area contributed by atoms with Gasteiger partial charge in [-0.05, 0) is 47.9 Å². The van der Waals surface area contributed by atoms with Gasteiger partial charge < -0.3 is 4.74 Å². The predicted molar refractivity (Wildman–Crippen MR) is 149 cm³/mol. The highest BCUT2D eigenvalue weighted by Gasteiger charge is 2.54. The van der Waals surface area contributed by atoms with E-state index in [4.69, 9.17) is 4.74 Å². The van der Waals surface area contributed by atoms with E-state index in [2.05, 4.69) is 133 Å². The monoisotopic (exact) mass is 475 g/mol. The van der Waals surface area contributed by atoms with Crippen LogP contribution in [0.4, 0.5) is 0 Å². The largest absolute Gasteiger partial charge is 0.356 e. The minimum absolute atomic E-state index is 0.508. The molecule has 2 nitrogen and oxygen atoms in total. The lowest BCUT2D eigenvalue weighted by Gasteiger charge is -2.57. The highest BCUT2D eigenvalue weighted by atomic mass is 16.5. The van der Waals surface area contributed by atoms with Crippen LogP contribution < -0.4 is 0 Å². The molecule has 5 rings (SSSR count). The van der Waals surface area contributed by atoms with Crippen LogP contribution in [-0.4, -0.2) is 18.1 Å². The Morgan fingerprint density at radius 3 is 1.61 bits per heavy atom. The first-order valence-corrected chi connectivity index (χ1v) is 13.5. The first-order valence-electron chi connectivity index (χ1n) is 13.5. The topological polar surface area (TPSA) is 12.5 Å². The van der Waals surface area contributed by atoms with Gasteiger partial charge in [0.25, 0.3) is 0 Å². The molecule has 1 fully saturated rings. The molecule has 0 aromatic heterocycles. The molecular formula is C34H37NO. The van der Waals surface area contributed by atoms with Crippen LogP contribution in [0.3, 0.4) is 0 Å². The van der Waals surface area contributed by atoms with E-state index in [-0.39, 0.29) is 0 Å². The molecule has 4 aromatic carbocycles. The lowest BCUT2D eigenvalue weighted by Crippen LogP contribution is -2.61. The van der Waals surface area contributed by atoms with Crippen molar-refractivity contribution >= 4 is 0 Å². The van der Waals surface area contributed by atoms with Gasteiger partial charge in [0.2, 0.25) is 0 Å². The molecule has 4 aromatic rings. The summed E-state index contributed by atoms with van der Waals surface area (Å²) in [5.41, 5.74) is 4.01. The van der Waals surface area contributed by atoms with Crippen molar-refractivity contribution in [2.45, 2.75) is 50.3 Å². The zero-order valence-corrected chi connectivity index (χ0v) is 21.4. The summed E-state index contributed by atoms with van der Waals surface area (Å²) < 4.78 is 7.11. The molecule has 1 saturated heterocycles. The molecule has 1 atom stereocenters. The molecule has 184 valence electrons. The molecule has 36 heavy (non-hydrogen) atoms. The van der Waals surface area contributed by atoms with E-state index in [0.29, 0.717) is 0 Å². The second-order valence-corrected chi connectivity index (χ2v) is 9.77. The molecule has 2 heteroatoms. The second kappa shape index (κ2) is 11.2. The van der Waals surface area contributed by atoms with Crippen LogP contribution in [-0.2, 0) is 16.0 Å². The molecule has 0 N–H and O–H groups in total. The Hall–Kier alpha value is -3.20. The van der Waals surface area contributed by atoms with Gasteiger partial charge in [-0.1, -0.05) is 135 Å². The van der Waals surface area contributed by atoms with E-state index in [1.807, 2.05) is 0 Å². The van der Waals surface area contributed by atoms with Gasteiger partial charge >= 0.3 is 0 Å². The number of hydrogen-bond donors (Lipinski definition) is 0. The number of ether oxygens (including phenoxy) is 1. The first-order chi connectivity index (χ1) is 17.8. The van der Waals surface area contributed by atoms with E-state index in [1.165, 1.54) is 22.3 Å². The Labute approximate surface area is 216 Å². The summed E-state index contributed by atoms with van der Waals surface area (Å²) in [6.45, 7) is 3.93. The van der Waals surface area contributed by atoms with Crippen molar-refractivity contribution in [1.82, 2.24) is 4.90 Å². The van der Waals surface area contributed by atoms with Crippen LogP contribution in [0.25, 0.3) is 0 Å². The normalized spacial score (nSPS) is 18.7. The van der Waals surface area contributed by atoms with Crippen LogP contribution in [0.1, 0.15) is 61.3 Å². The minimum atomic E-state index is -0.532. The Bertz CT molecular complexity index is 1100. The van der Waals surface area contributed by atoms with Gasteiger partial charge in [-0.15, -0.1) is 0 Å². The van der Waals surface area contributed by atoms with Gasteiger partial charge in [0.1, 0.15) is 5.72 Å². The standard InChI is InChI=1S/C34H37NO/c1-2-3-28-36-33(29-18-8-4-9-19-29)26-16-17-27-35(33)34(30-20-10-5-11-21-30,31-22-12-6-13-23-31)32-24-14-7-15-25-32/h4-15,18-25H,2-3,16-17,26-28H2,1H3. The molecule has 0 spiro atoms. The summed E-state index contributed by atoms with van der Waals surface area (Å²) in [6, 6.07) is 44.0. The summed E-state index contributed by atoms with van der Waals surface area (Å²) >= 11 is 0. The average Bonchev–Trinajstić information content (AvgIpc) is 2.97. The maximum Gasteiger partial charge on any atom is 0.149 e. The zero-order chi connectivity index (χ0) is 24.7. The molecule has 1 unspecified atom stereocenters. The van der Waals surface area contributed by atoms with Gasteiger partial charge in [-0.25, -0.2) is 0 Å². The molecule has 0 radical (unpaired) electrons. The van der Waals surface area contributed by atoms with Crippen molar-refractivity contribution in [2.24, 2.45) is 0 Å². The summed E-state index contributed by atoms with van der Waals surface area (Å²) in [5.74, 6) is 0. The van der Waals surface area contributed by atoms with Crippen molar-refractivity contribution in [2.75, 3.05) is 13.2 Å². The molecule has 0 aliphatic carbocycles. The lowest BCUT2D eigenvalue weighted by molar-refractivity contribution is -0.210. The lowest BCUT2D eigenvalue weighted by atomic mass is 9.72. The summed E-state index contributed by atoms with van der Waals surface area (Å²) in [4.78, 5) is 2.69. The average molecular weight is 476 g/mol. The first kappa shape index (κ1) is 24.5. The van der Waals surface area contributed by atoms with E-state index >= 15 is 0 Å². The van der Waals surface area contributed by atoms with Crippen LogP contribution in [0.15, 0.2) is 121 Å². The van der Waals surface area contributed by atoms with Crippen LogP contribution in [0.5, 0.6) is 0 Å². The predicted octanol–water partition coefficient (Wildman–Crippen LogP) is 8.13. The van der Waals surface area contributed by atoms with Crippen molar-refractivity contribution < 1.29 is 4.74 Å². The number of likely N-dealkylation sites (tertiary alicyclic amines) is 1. The Morgan fingerprint density at radius 2 is 1.14 bits per heavy atom.